The lowest BCUT2D eigenvalue weighted by Gasteiger charge is -2.08. The van der Waals surface area contributed by atoms with Crippen LogP contribution in [0.15, 0.2) is 51.5 Å². The molecule has 9 heteroatoms. The minimum atomic E-state index is -0.496. The fourth-order valence-electron chi connectivity index (χ4n) is 1.99. The molecule has 8 nitrogen and oxygen atoms in total. The van der Waals surface area contributed by atoms with Crippen LogP contribution in [0, 0.1) is 17.0 Å². The third kappa shape index (κ3) is 4.32. The van der Waals surface area contributed by atoms with Gasteiger partial charge in [-0.2, -0.15) is 4.98 Å². The Hall–Kier alpha value is -2.94. The second-order valence-corrected chi connectivity index (χ2v) is 5.88. The highest BCUT2D eigenvalue weighted by molar-refractivity contribution is 9.10. The van der Waals surface area contributed by atoms with Crippen molar-refractivity contribution >= 4 is 21.6 Å². The van der Waals surface area contributed by atoms with E-state index in [2.05, 4.69) is 26.1 Å². The Bertz CT molecular complexity index is 895. The lowest BCUT2D eigenvalue weighted by Crippen LogP contribution is -1.96. The van der Waals surface area contributed by atoms with Gasteiger partial charge in [0.2, 0.25) is 5.75 Å². The third-order valence-corrected chi connectivity index (χ3v) is 3.59. The number of aryl methyl sites for hydroxylation is 1. The molecule has 1 aromatic heterocycles. The molecule has 0 aliphatic rings. The molecule has 0 amide bonds. The van der Waals surface area contributed by atoms with E-state index < -0.39 is 4.92 Å². The first kappa shape index (κ1) is 16.9. The van der Waals surface area contributed by atoms with Gasteiger partial charge in [0.05, 0.1) is 4.92 Å². The standard InChI is InChI=1S/C16H12BrN3O5/c1-10-18-16(25-19-10)9-23-12-3-5-13(6-4-12)24-15-7-2-11(17)8-14(15)20(21)22/h2-8H,9H2,1H3. The number of nitrogens with zero attached hydrogens (tertiary/aromatic N) is 3. The van der Waals surface area contributed by atoms with Gasteiger partial charge < -0.3 is 14.0 Å². The number of nitro benzene ring substituents is 1. The van der Waals surface area contributed by atoms with Gasteiger partial charge in [0.25, 0.3) is 5.89 Å². The maximum Gasteiger partial charge on any atom is 0.312 e. The number of halogens is 1. The van der Waals surface area contributed by atoms with Crippen molar-refractivity contribution < 1.29 is 18.9 Å². The molecule has 3 rings (SSSR count). The van der Waals surface area contributed by atoms with Crippen LogP contribution in [0.3, 0.4) is 0 Å². The summed E-state index contributed by atoms with van der Waals surface area (Å²) in [7, 11) is 0. The molecule has 0 radical (unpaired) electrons. The van der Waals surface area contributed by atoms with Crippen LogP contribution < -0.4 is 9.47 Å². The zero-order valence-corrected chi connectivity index (χ0v) is 14.6. The predicted molar refractivity (Wildman–Crippen MR) is 90.7 cm³/mol. The maximum absolute atomic E-state index is 11.1. The molecule has 0 aliphatic carbocycles. The number of rotatable bonds is 6. The Morgan fingerprint density at radius 2 is 1.92 bits per heavy atom. The average molecular weight is 406 g/mol. The molecule has 0 spiro atoms. The van der Waals surface area contributed by atoms with E-state index in [1.165, 1.54) is 12.1 Å². The van der Waals surface area contributed by atoms with Crippen molar-refractivity contribution in [3.8, 4) is 17.2 Å². The zero-order chi connectivity index (χ0) is 17.8. The molecule has 0 aliphatic heterocycles. The van der Waals surface area contributed by atoms with E-state index >= 15 is 0 Å². The molecule has 0 saturated heterocycles. The van der Waals surface area contributed by atoms with Crippen molar-refractivity contribution in [2.45, 2.75) is 13.5 Å². The Morgan fingerprint density at radius 1 is 1.20 bits per heavy atom. The smallest absolute Gasteiger partial charge is 0.312 e. The average Bonchev–Trinajstić information content (AvgIpc) is 3.01. The van der Waals surface area contributed by atoms with E-state index in [1.807, 2.05) is 0 Å². The molecule has 3 aromatic rings. The Kier molecular flexibility index (Phi) is 4.94. The normalized spacial score (nSPS) is 10.5. The van der Waals surface area contributed by atoms with Gasteiger partial charge in [-0.05, 0) is 43.3 Å². The highest BCUT2D eigenvalue weighted by Gasteiger charge is 2.16. The van der Waals surface area contributed by atoms with Crippen molar-refractivity contribution in [2.75, 3.05) is 0 Å². The van der Waals surface area contributed by atoms with Crippen LogP contribution in [0.2, 0.25) is 0 Å². The highest BCUT2D eigenvalue weighted by Crippen LogP contribution is 2.34. The van der Waals surface area contributed by atoms with Gasteiger partial charge in [-0.3, -0.25) is 10.1 Å². The number of benzene rings is 2. The fourth-order valence-corrected chi connectivity index (χ4v) is 2.34. The Labute approximate surface area is 150 Å². The molecule has 0 unspecified atom stereocenters. The van der Waals surface area contributed by atoms with E-state index in [9.17, 15) is 10.1 Å². The number of ether oxygens (including phenoxy) is 2. The largest absolute Gasteiger partial charge is 0.484 e. The van der Waals surface area contributed by atoms with Crippen molar-refractivity contribution in [1.29, 1.82) is 0 Å². The molecule has 0 bridgehead atoms. The summed E-state index contributed by atoms with van der Waals surface area (Å²) in [6, 6.07) is 11.3. The summed E-state index contributed by atoms with van der Waals surface area (Å²) >= 11 is 3.20. The SMILES string of the molecule is Cc1noc(COc2ccc(Oc3ccc(Br)cc3[N+](=O)[O-])cc2)n1. The molecule has 2 aromatic carbocycles. The monoisotopic (exact) mass is 405 g/mol. The Balaban J connectivity index is 1.67. The molecule has 1 heterocycles. The van der Waals surface area contributed by atoms with Crippen LogP contribution in [0.25, 0.3) is 0 Å². The van der Waals surface area contributed by atoms with Crippen molar-refractivity contribution in [3.05, 3.63) is 68.8 Å². The zero-order valence-electron chi connectivity index (χ0n) is 13.0. The molecule has 0 fully saturated rings. The van der Waals surface area contributed by atoms with Gasteiger partial charge in [0.15, 0.2) is 12.4 Å². The molecule has 25 heavy (non-hydrogen) atoms. The summed E-state index contributed by atoms with van der Waals surface area (Å²) in [6.45, 7) is 1.87. The molecule has 0 atom stereocenters. The number of hydrogen-bond acceptors (Lipinski definition) is 7. The minimum absolute atomic E-state index is 0.124. The topological polar surface area (TPSA) is 101 Å². The van der Waals surface area contributed by atoms with E-state index in [4.69, 9.17) is 14.0 Å². The van der Waals surface area contributed by atoms with Crippen molar-refractivity contribution in [3.63, 3.8) is 0 Å². The van der Waals surface area contributed by atoms with Gasteiger partial charge in [-0.1, -0.05) is 21.1 Å². The van der Waals surface area contributed by atoms with Gasteiger partial charge >= 0.3 is 5.69 Å². The van der Waals surface area contributed by atoms with Crippen molar-refractivity contribution in [2.24, 2.45) is 0 Å². The summed E-state index contributed by atoms with van der Waals surface area (Å²) in [5.74, 6) is 2.10. The van der Waals surface area contributed by atoms with Crippen molar-refractivity contribution in [1.82, 2.24) is 10.1 Å². The summed E-state index contributed by atoms with van der Waals surface area (Å²) in [5, 5.41) is 14.8. The maximum atomic E-state index is 11.1. The lowest BCUT2D eigenvalue weighted by molar-refractivity contribution is -0.385. The summed E-state index contributed by atoms with van der Waals surface area (Å²) in [5.41, 5.74) is -0.124. The summed E-state index contributed by atoms with van der Waals surface area (Å²) in [4.78, 5) is 14.6. The second-order valence-electron chi connectivity index (χ2n) is 4.97. The predicted octanol–water partition coefficient (Wildman–Crippen LogP) is 4.42. The molecule has 128 valence electrons. The highest BCUT2D eigenvalue weighted by atomic mass is 79.9. The first-order chi connectivity index (χ1) is 12.0. The van der Waals surface area contributed by atoms with Crippen LogP contribution in [-0.2, 0) is 6.61 Å². The van der Waals surface area contributed by atoms with Gasteiger partial charge in [0, 0.05) is 10.5 Å². The number of hydrogen-bond donors (Lipinski definition) is 0. The lowest BCUT2D eigenvalue weighted by atomic mass is 10.3. The minimum Gasteiger partial charge on any atom is -0.484 e. The second kappa shape index (κ2) is 7.31. The van der Waals surface area contributed by atoms with Gasteiger partial charge in [-0.25, -0.2) is 0 Å². The molecule has 0 saturated carbocycles. The third-order valence-electron chi connectivity index (χ3n) is 3.10. The van der Waals surface area contributed by atoms with E-state index in [-0.39, 0.29) is 18.0 Å². The van der Waals surface area contributed by atoms with Crippen LogP contribution >= 0.6 is 15.9 Å². The number of nitro groups is 1. The van der Waals surface area contributed by atoms with Gasteiger partial charge in [-0.15, -0.1) is 0 Å². The first-order valence-corrected chi connectivity index (χ1v) is 7.94. The fraction of sp³-hybridized carbons (Fsp3) is 0.125. The quantitative estimate of drug-likeness (QED) is 0.441. The van der Waals surface area contributed by atoms with Crippen LogP contribution in [0.5, 0.6) is 17.2 Å². The summed E-state index contributed by atoms with van der Waals surface area (Å²) < 4.78 is 16.7. The van der Waals surface area contributed by atoms with E-state index in [0.29, 0.717) is 27.7 Å². The first-order valence-electron chi connectivity index (χ1n) is 7.15. The summed E-state index contributed by atoms with van der Waals surface area (Å²) in [6.07, 6.45) is 0. The van der Waals surface area contributed by atoms with Crippen LogP contribution in [0.1, 0.15) is 11.7 Å². The molecular weight excluding hydrogens is 394 g/mol. The van der Waals surface area contributed by atoms with Crippen LogP contribution in [-0.4, -0.2) is 15.1 Å². The molecule has 0 N–H and O–H groups in total. The van der Waals surface area contributed by atoms with E-state index in [1.54, 1.807) is 37.3 Å². The number of aromatic nitrogens is 2. The van der Waals surface area contributed by atoms with Crippen LogP contribution in [0.4, 0.5) is 5.69 Å². The van der Waals surface area contributed by atoms with E-state index in [0.717, 1.165) is 0 Å². The van der Waals surface area contributed by atoms with Gasteiger partial charge in [0.1, 0.15) is 11.5 Å². The molecular formula is C16H12BrN3O5. The Morgan fingerprint density at radius 3 is 2.56 bits per heavy atom.